The van der Waals surface area contributed by atoms with E-state index in [1.807, 2.05) is 0 Å². The van der Waals surface area contributed by atoms with Crippen LogP contribution in [-0.2, 0) is 19.1 Å². The van der Waals surface area contributed by atoms with Crippen LogP contribution in [0.1, 0.15) is 18.6 Å². The highest BCUT2D eigenvalue weighted by molar-refractivity contribution is 6.04. The van der Waals surface area contributed by atoms with Gasteiger partial charge in [-0.25, -0.2) is 4.79 Å². The summed E-state index contributed by atoms with van der Waals surface area (Å²) in [6, 6.07) is 6.25. The Kier molecular flexibility index (Phi) is 4.77. The number of esters is 1. The summed E-state index contributed by atoms with van der Waals surface area (Å²) in [6.45, 7) is 1.86. The number of carbonyl (C=O) groups excluding carboxylic acids is 3. The number of hydrogen-bond donors (Lipinski definition) is 1. The minimum Gasteiger partial charge on any atom is -0.464 e. The fourth-order valence-electron chi connectivity index (χ4n) is 2.15. The van der Waals surface area contributed by atoms with E-state index in [4.69, 9.17) is 4.74 Å². The van der Waals surface area contributed by atoms with E-state index in [-0.39, 0.29) is 31.5 Å². The Hall–Kier alpha value is -2.41. The Morgan fingerprint density at radius 2 is 1.86 bits per heavy atom. The number of benzene rings is 1. The lowest BCUT2D eigenvalue weighted by Gasteiger charge is -2.31. The van der Waals surface area contributed by atoms with Crippen LogP contribution in [0.25, 0.3) is 0 Å². The molecule has 1 N–H and O–H groups in total. The van der Waals surface area contributed by atoms with Gasteiger partial charge >= 0.3 is 5.97 Å². The molecule has 7 heteroatoms. The van der Waals surface area contributed by atoms with Gasteiger partial charge in [0.15, 0.2) is 6.10 Å². The molecule has 0 radical (unpaired) electrons. The number of aliphatic hydroxyl groups excluding tert-OH is 1. The van der Waals surface area contributed by atoms with E-state index in [9.17, 15) is 19.5 Å². The van der Waals surface area contributed by atoms with Crippen molar-refractivity contribution in [3.8, 4) is 0 Å². The van der Waals surface area contributed by atoms with Crippen LogP contribution in [0.2, 0.25) is 0 Å². The van der Waals surface area contributed by atoms with Gasteiger partial charge in [-0.1, -0.05) is 12.1 Å². The average Bonchev–Trinajstić information content (AvgIpc) is 2.50. The molecule has 0 aliphatic carbocycles. The highest BCUT2D eigenvalue weighted by atomic mass is 16.5. The van der Waals surface area contributed by atoms with E-state index in [0.717, 1.165) is 0 Å². The summed E-state index contributed by atoms with van der Waals surface area (Å²) in [5, 5.41) is 9.83. The Labute approximate surface area is 128 Å². The third-order valence-corrected chi connectivity index (χ3v) is 3.42. The van der Waals surface area contributed by atoms with E-state index in [1.54, 1.807) is 26.1 Å². The highest BCUT2D eigenvalue weighted by Crippen LogP contribution is 2.22. The maximum absolute atomic E-state index is 12.0. The molecule has 1 atom stereocenters. The third-order valence-electron chi connectivity index (χ3n) is 3.42. The van der Waals surface area contributed by atoms with Crippen molar-refractivity contribution in [2.45, 2.75) is 13.0 Å². The fourth-order valence-corrected chi connectivity index (χ4v) is 2.15. The molecular formula is C15H18N2O5. The molecule has 7 nitrogen and oxygen atoms in total. The summed E-state index contributed by atoms with van der Waals surface area (Å²) in [6.07, 6.45) is -1.36. The molecule has 0 aromatic heterocycles. The third kappa shape index (κ3) is 3.25. The number of carbonyl (C=O) groups is 3. The molecule has 22 heavy (non-hydrogen) atoms. The topological polar surface area (TPSA) is 87.2 Å². The first-order chi connectivity index (χ1) is 10.4. The molecule has 118 valence electrons. The number of ether oxygens (including phenoxy) is 1. The van der Waals surface area contributed by atoms with Crippen molar-refractivity contribution in [2.24, 2.45) is 0 Å². The van der Waals surface area contributed by atoms with Gasteiger partial charge in [-0.15, -0.1) is 0 Å². The first kappa shape index (κ1) is 16.0. The maximum Gasteiger partial charge on any atom is 0.339 e. The molecule has 2 amide bonds. The molecule has 1 aliphatic rings. The van der Waals surface area contributed by atoms with Crippen LogP contribution in [0.3, 0.4) is 0 Å². The van der Waals surface area contributed by atoms with Gasteiger partial charge in [-0.2, -0.15) is 0 Å². The average molecular weight is 306 g/mol. The highest BCUT2D eigenvalue weighted by Gasteiger charge is 2.28. The van der Waals surface area contributed by atoms with Gasteiger partial charge in [0.25, 0.3) is 0 Å². The van der Waals surface area contributed by atoms with Gasteiger partial charge in [0, 0.05) is 12.7 Å². The Morgan fingerprint density at radius 3 is 2.45 bits per heavy atom. The van der Waals surface area contributed by atoms with Gasteiger partial charge in [0.2, 0.25) is 11.8 Å². The number of likely N-dealkylation sites (N-methyl/N-ethyl adjacent to an activating group) is 1. The van der Waals surface area contributed by atoms with Gasteiger partial charge in [-0.3, -0.25) is 9.59 Å². The summed E-state index contributed by atoms with van der Waals surface area (Å²) in [7, 11) is 1.58. The number of nitrogens with zero attached hydrogens (tertiary/aromatic N) is 2. The van der Waals surface area contributed by atoms with E-state index in [1.165, 1.54) is 21.9 Å². The van der Waals surface area contributed by atoms with E-state index >= 15 is 0 Å². The van der Waals surface area contributed by atoms with Crippen LogP contribution < -0.4 is 4.90 Å². The first-order valence-corrected chi connectivity index (χ1v) is 6.93. The number of hydrogen-bond acceptors (Lipinski definition) is 5. The van der Waals surface area contributed by atoms with Crippen molar-refractivity contribution in [3.05, 3.63) is 29.8 Å². The van der Waals surface area contributed by atoms with Gasteiger partial charge < -0.3 is 19.6 Å². The van der Waals surface area contributed by atoms with Crippen molar-refractivity contribution in [1.82, 2.24) is 4.90 Å². The predicted molar refractivity (Wildman–Crippen MR) is 78.0 cm³/mol. The SMILES string of the molecule is CCOC(=O)C(O)c1ccc(N2CC(=O)N(C)CC2=O)cc1. The van der Waals surface area contributed by atoms with Crippen LogP contribution >= 0.6 is 0 Å². The van der Waals surface area contributed by atoms with Crippen LogP contribution in [0.5, 0.6) is 0 Å². The van der Waals surface area contributed by atoms with Gasteiger partial charge in [-0.05, 0) is 24.6 Å². The molecule has 0 bridgehead atoms. The fraction of sp³-hybridized carbons (Fsp3) is 0.400. The quantitative estimate of drug-likeness (QED) is 0.797. The minimum atomic E-state index is -1.36. The monoisotopic (exact) mass is 306 g/mol. The normalized spacial score (nSPS) is 16.7. The van der Waals surface area contributed by atoms with Crippen LogP contribution in [0.15, 0.2) is 24.3 Å². The van der Waals surface area contributed by atoms with Crippen LogP contribution in [0.4, 0.5) is 5.69 Å². The molecule has 2 rings (SSSR count). The second-order valence-electron chi connectivity index (χ2n) is 4.98. The lowest BCUT2D eigenvalue weighted by molar-refractivity contribution is -0.153. The maximum atomic E-state index is 12.0. The minimum absolute atomic E-state index is 0.0187. The van der Waals surface area contributed by atoms with Gasteiger partial charge in [0.05, 0.1) is 13.2 Å². The molecule has 1 aromatic rings. The van der Waals surface area contributed by atoms with Gasteiger partial charge in [0.1, 0.15) is 6.54 Å². The molecule has 0 saturated carbocycles. The smallest absolute Gasteiger partial charge is 0.339 e. The number of amides is 2. The second-order valence-corrected chi connectivity index (χ2v) is 4.98. The Balaban J connectivity index is 2.13. The van der Waals surface area contributed by atoms with Crippen molar-refractivity contribution in [2.75, 3.05) is 31.6 Å². The van der Waals surface area contributed by atoms with Crippen LogP contribution in [0, 0.1) is 0 Å². The molecule has 1 saturated heterocycles. The van der Waals surface area contributed by atoms with Crippen molar-refractivity contribution in [3.63, 3.8) is 0 Å². The molecule has 0 spiro atoms. The van der Waals surface area contributed by atoms with Crippen molar-refractivity contribution >= 4 is 23.5 Å². The Bertz CT molecular complexity index is 584. The Morgan fingerprint density at radius 1 is 1.23 bits per heavy atom. The lowest BCUT2D eigenvalue weighted by atomic mass is 10.1. The zero-order valence-electron chi connectivity index (χ0n) is 12.5. The standard InChI is InChI=1S/C15H18N2O5/c1-3-22-15(21)14(20)10-4-6-11(7-5-10)17-9-12(18)16(2)8-13(17)19/h4-7,14,20H,3,8-9H2,1-2H3. The first-order valence-electron chi connectivity index (χ1n) is 6.93. The van der Waals surface area contributed by atoms with E-state index in [2.05, 4.69) is 0 Å². The number of rotatable bonds is 4. The van der Waals surface area contributed by atoms with Crippen molar-refractivity contribution < 1.29 is 24.2 Å². The molecule has 1 heterocycles. The lowest BCUT2D eigenvalue weighted by Crippen LogP contribution is -2.52. The molecular weight excluding hydrogens is 288 g/mol. The summed E-state index contributed by atoms with van der Waals surface area (Å²) in [5.74, 6) is -1.04. The van der Waals surface area contributed by atoms with E-state index in [0.29, 0.717) is 11.3 Å². The molecule has 1 fully saturated rings. The summed E-state index contributed by atoms with van der Waals surface area (Å²) < 4.78 is 4.74. The summed E-state index contributed by atoms with van der Waals surface area (Å²) in [5.41, 5.74) is 0.918. The number of aliphatic hydroxyl groups is 1. The zero-order chi connectivity index (χ0) is 16.3. The zero-order valence-corrected chi connectivity index (χ0v) is 12.5. The molecule has 1 aromatic carbocycles. The second kappa shape index (κ2) is 6.57. The van der Waals surface area contributed by atoms with E-state index < -0.39 is 12.1 Å². The number of piperazine rings is 1. The largest absolute Gasteiger partial charge is 0.464 e. The number of anilines is 1. The van der Waals surface area contributed by atoms with Crippen LogP contribution in [-0.4, -0.2) is 54.5 Å². The molecule has 1 unspecified atom stereocenters. The summed E-state index contributed by atoms with van der Waals surface area (Å²) in [4.78, 5) is 37.9. The van der Waals surface area contributed by atoms with Crippen molar-refractivity contribution in [1.29, 1.82) is 0 Å². The predicted octanol–water partition coefficient (Wildman–Crippen LogP) is 0.0881. The molecule has 1 aliphatic heterocycles. The summed E-state index contributed by atoms with van der Waals surface area (Å²) >= 11 is 0.